The fraction of sp³-hybridized carbons (Fsp3) is 0.308. The van der Waals surface area contributed by atoms with Crippen LogP contribution in [0.4, 0.5) is 0 Å². The topological polar surface area (TPSA) is 65.2 Å². The van der Waals surface area contributed by atoms with Crippen molar-refractivity contribution < 1.29 is 13.9 Å². The van der Waals surface area contributed by atoms with E-state index in [1.165, 1.54) is 0 Å². The number of ether oxygens (including phenoxy) is 1. The Bertz CT molecular complexity index is 575. The third kappa shape index (κ3) is 2.74. The lowest BCUT2D eigenvalue weighted by Gasteiger charge is -2.06. The van der Waals surface area contributed by atoms with Gasteiger partial charge in [0, 0.05) is 6.92 Å². The molecule has 0 aliphatic heterocycles. The molecule has 0 aliphatic carbocycles. The maximum atomic E-state index is 11.9. The van der Waals surface area contributed by atoms with Crippen LogP contribution in [0.15, 0.2) is 22.6 Å². The minimum Gasteiger partial charge on any atom is -0.452 e. The molecule has 5 nitrogen and oxygen atoms in total. The normalized spacial score (nSPS) is 10.4. The van der Waals surface area contributed by atoms with E-state index in [2.05, 4.69) is 10.2 Å². The van der Waals surface area contributed by atoms with Gasteiger partial charge in [0.2, 0.25) is 5.89 Å². The Morgan fingerprint density at radius 1 is 1.28 bits per heavy atom. The van der Waals surface area contributed by atoms with Crippen LogP contribution in [0.5, 0.6) is 0 Å². The highest BCUT2D eigenvalue weighted by Gasteiger charge is 2.12. The molecule has 1 heterocycles. The molecule has 0 saturated heterocycles. The molecular weight excluding hydrogens is 232 g/mol. The Balaban J connectivity index is 2.05. The smallest absolute Gasteiger partial charge is 0.338 e. The predicted octanol–water partition coefficient (Wildman–Crippen LogP) is 2.35. The van der Waals surface area contributed by atoms with Crippen LogP contribution >= 0.6 is 0 Å². The van der Waals surface area contributed by atoms with Crippen molar-refractivity contribution in [2.75, 3.05) is 0 Å². The lowest BCUT2D eigenvalue weighted by atomic mass is 10.1. The minimum atomic E-state index is -0.382. The minimum absolute atomic E-state index is 0.00689. The summed E-state index contributed by atoms with van der Waals surface area (Å²) < 4.78 is 10.3. The number of hydrogen-bond acceptors (Lipinski definition) is 5. The molecule has 0 unspecified atom stereocenters. The zero-order valence-corrected chi connectivity index (χ0v) is 10.6. The second kappa shape index (κ2) is 5.00. The number of nitrogens with zero attached hydrogens (tertiary/aromatic N) is 2. The summed E-state index contributed by atoms with van der Waals surface area (Å²) in [5.74, 6) is 0.367. The zero-order valence-electron chi connectivity index (χ0n) is 10.6. The fourth-order valence-electron chi connectivity index (χ4n) is 1.56. The van der Waals surface area contributed by atoms with Crippen molar-refractivity contribution in [1.29, 1.82) is 0 Å². The monoisotopic (exact) mass is 246 g/mol. The van der Waals surface area contributed by atoms with Gasteiger partial charge in [-0.1, -0.05) is 17.7 Å². The van der Waals surface area contributed by atoms with Crippen molar-refractivity contribution in [1.82, 2.24) is 10.2 Å². The summed E-state index contributed by atoms with van der Waals surface area (Å²) in [6.45, 7) is 5.47. The van der Waals surface area contributed by atoms with Crippen molar-refractivity contribution in [3.63, 3.8) is 0 Å². The molecule has 0 aliphatic rings. The van der Waals surface area contributed by atoms with Crippen molar-refractivity contribution in [2.45, 2.75) is 27.4 Å². The number of aromatic nitrogens is 2. The number of carbonyl (C=O) groups excluding carboxylic acids is 1. The molecule has 1 aromatic heterocycles. The molecule has 18 heavy (non-hydrogen) atoms. The van der Waals surface area contributed by atoms with Crippen molar-refractivity contribution in [3.8, 4) is 0 Å². The first-order valence-corrected chi connectivity index (χ1v) is 5.59. The average molecular weight is 246 g/mol. The van der Waals surface area contributed by atoms with E-state index in [9.17, 15) is 4.79 Å². The molecule has 2 aromatic rings. The van der Waals surface area contributed by atoms with Crippen LogP contribution in [-0.2, 0) is 11.3 Å². The second-order valence-corrected chi connectivity index (χ2v) is 4.11. The SMILES string of the molecule is Cc1ccc(C)c(C(=O)OCc2nnc(C)o2)c1. The van der Waals surface area contributed by atoms with Crippen molar-refractivity contribution in [2.24, 2.45) is 0 Å². The summed E-state index contributed by atoms with van der Waals surface area (Å²) in [4.78, 5) is 11.9. The van der Waals surface area contributed by atoms with E-state index in [0.29, 0.717) is 17.3 Å². The number of hydrogen-bond donors (Lipinski definition) is 0. The molecule has 1 aromatic carbocycles. The lowest BCUT2D eigenvalue weighted by molar-refractivity contribution is 0.0436. The Labute approximate surface area is 105 Å². The van der Waals surface area contributed by atoms with Gasteiger partial charge in [-0.2, -0.15) is 0 Å². The number of rotatable bonds is 3. The third-order valence-corrected chi connectivity index (χ3v) is 2.51. The van der Waals surface area contributed by atoms with Gasteiger partial charge in [-0.3, -0.25) is 0 Å². The quantitative estimate of drug-likeness (QED) is 0.778. The van der Waals surface area contributed by atoms with Crippen LogP contribution in [0, 0.1) is 20.8 Å². The van der Waals surface area contributed by atoms with Crippen LogP contribution in [-0.4, -0.2) is 16.2 Å². The molecule has 0 saturated carbocycles. The molecule has 5 heteroatoms. The van der Waals surface area contributed by atoms with Crippen molar-refractivity contribution in [3.05, 3.63) is 46.7 Å². The van der Waals surface area contributed by atoms with Gasteiger partial charge in [0.1, 0.15) is 0 Å². The van der Waals surface area contributed by atoms with Gasteiger partial charge in [0.25, 0.3) is 5.89 Å². The fourth-order valence-corrected chi connectivity index (χ4v) is 1.56. The van der Waals surface area contributed by atoms with E-state index in [-0.39, 0.29) is 12.6 Å². The van der Waals surface area contributed by atoms with E-state index in [0.717, 1.165) is 11.1 Å². The molecule has 2 rings (SSSR count). The number of carbonyl (C=O) groups is 1. The van der Waals surface area contributed by atoms with E-state index in [1.807, 2.05) is 26.0 Å². The molecule has 0 bridgehead atoms. The summed E-state index contributed by atoms with van der Waals surface area (Å²) in [6, 6.07) is 5.65. The van der Waals surface area contributed by atoms with Gasteiger partial charge >= 0.3 is 5.97 Å². The summed E-state index contributed by atoms with van der Waals surface area (Å²) in [7, 11) is 0. The van der Waals surface area contributed by atoms with Gasteiger partial charge in [-0.05, 0) is 25.5 Å². The first kappa shape index (κ1) is 12.3. The Morgan fingerprint density at radius 2 is 2.06 bits per heavy atom. The average Bonchev–Trinajstić information content (AvgIpc) is 2.75. The lowest BCUT2D eigenvalue weighted by Crippen LogP contribution is -2.07. The van der Waals surface area contributed by atoms with Gasteiger partial charge in [-0.25, -0.2) is 4.79 Å². The molecule has 94 valence electrons. The number of esters is 1. The maximum Gasteiger partial charge on any atom is 0.338 e. The molecule has 0 amide bonds. The van der Waals surface area contributed by atoms with Gasteiger partial charge in [0.15, 0.2) is 6.61 Å². The highest BCUT2D eigenvalue weighted by Crippen LogP contribution is 2.13. The third-order valence-electron chi connectivity index (χ3n) is 2.51. The van der Waals surface area contributed by atoms with Crippen LogP contribution < -0.4 is 0 Å². The van der Waals surface area contributed by atoms with Crippen LogP contribution in [0.3, 0.4) is 0 Å². The molecule has 0 fully saturated rings. The Hall–Kier alpha value is -2.17. The van der Waals surface area contributed by atoms with E-state index < -0.39 is 0 Å². The predicted molar refractivity (Wildman–Crippen MR) is 64.1 cm³/mol. The van der Waals surface area contributed by atoms with E-state index in [4.69, 9.17) is 9.15 Å². The standard InChI is InChI=1S/C13H14N2O3/c1-8-4-5-9(2)11(6-8)13(16)17-7-12-15-14-10(3)18-12/h4-6H,7H2,1-3H3. The number of benzene rings is 1. The summed E-state index contributed by atoms with van der Waals surface area (Å²) in [5.41, 5.74) is 2.46. The van der Waals surface area contributed by atoms with Crippen LogP contribution in [0.1, 0.15) is 33.3 Å². The molecule has 0 radical (unpaired) electrons. The molecule has 0 N–H and O–H groups in total. The van der Waals surface area contributed by atoms with Crippen molar-refractivity contribution >= 4 is 5.97 Å². The van der Waals surface area contributed by atoms with Gasteiger partial charge in [-0.15, -0.1) is 10.2 Å². The molecule has 0 spiro atoms. The number of aryl methyl sites for hydroxylation is 3. The van der Waals surface area contributed by atoms with Crippen LogP contribution in [0.25, 0.3) is 0 Å². The first-order chi connectivity index (χ1) is 8.56. The van der Waals surface area contributed by atoms with Gasteiger partial charge in [0.05, 0.1) is 5.56 Å². The summed E-state index contributed by atoms with van der Waals surface area (Å²) in [5, 5.41) is 7.42. The molecular formula is C13H14N2O3. The maximum absolute atomic E-state index is 11.9. The highest BCUT2D eigenvalue weighted by atomic mass is 16.5. The second-order valence-electron chi connectivity index (χ2n) is 4.11. The van der Waals surface area contributed by atoms with Crippen LogP contribution in [0.2, 0.25) is 0 Å². The highest BCUT2D eigenvalue weighted by molar-refractivity contribution is 5.91. The Morgan fingerprint density at radius 3 is 2.72 bits per heavy atom. The Kier molecular flexibility index (Phi) is 3.41. The first-order valence-electron chi connectivity index (χ1n) is 5.59. The van der Waals surface area contributed by atoms with E-state index in [1.54, 1.807) is 13.0 Å². The van der Waals surface area contributed by atoms with E-state index >= 15 is 0 Å². The zero-order chi connectivity index (χ0) is 13.1. The largest absolute Gasteiger partial charge is 0.452 e. The van der Waals surface area contributed by atoms with Gasteiger partial charge < -0.3 is 9.15 Å². The summed E-state index contributed by atoms with van der Waals surface area (Å²) in [6.07, 6.45) is 0. The molecule has 0 atom stereocenters. The summed E-state index contributed by atoms with van der Waals surface area (Å²) >= 11 is 0.